The maximum absolute atomic E-state index is 12.0. The van der Waals surface area contributed by atoms with Crippen molar-refractivity contribution in [2.75, 3.05) is 13.2 Å². The standard InChI is InChI=1S/C17H23NO4/c19-16(13-7-9-14(10-8-13)17(20)21)18-11-4-12-22-15-5-2-1-3-6-15/h1-3,5-6,13-14H,4,7-12H2,(H,18,19)(H,20,21). The van der Waals surface area contributed by atoms with Gasteiger partial charge in [0.1, 0.15) is 5.75 Å². The number of nitrogens with one attached hydrogen (secondary N) is 1. The van der Waals surface area contributed by atoms with E-state index in [1.807, 2.05) is 30.3 Å². The van der Waals surface area contributed by atoms with Gasteiger partial charge in [-0.3, -0.25) is 9.59 Å². The molecule has 1 aromatic rings. The molecule has 22 heavy (non-hydrogen) atoms. The summed E-state index contributed by atoms with van der Waals surface area (Å²) in [7, 11) is 0. The van der Waals surface area contributed by atoms with E-state index in [9.17, 15) is 9.59 Å². The van der Waals surface area contributed by atoms with Gasteiger partial charge >= 0.3 is 5.97 Å². The smallest absolute Gasteiger partial charge is 0.306 e. The largest absolute Gasteiger partial charge is 0.494 e. The van der Waals surface area contributed by atoms with Crippen LogP contribution in [0.3, 0.4) is 0 Å². The zero-order valence-corrected chi connectivity index (χ0v) is 12.7. The fourth-order valence-electron chi connectivity index (χ4n) is 2.74. The van der Waals surface area contributed by atoms with Crippen LogP contribution < -0.4 is 10.1 Å². The molecule has 1 fully saturated rings. The number of ether oxygens (including phenoxy) is 1. The summed E-state index contributed by atoms with van der Waals surface area (Å²) in [6.07, 6.45) is 3.30. The van der Waals surface area contributed by atoms with Crippen LogP contribution in [0.25, 0.3) is 0 Å². The fourth-order valence-corrected chi connectivity index (χ4v) is 2.74. The highest BCUT2D eigenvalue weighted by Gasteiger charge is 2.29. The molecule has 0 aromatic heterocycles. The minimum atomic E-state index is -0.739. The van der Waals surface area contributed by atoms with Crippen molar-refractivity contribution < 1.29 is 19.4 Å². The number of carbonyl (C=O) groups excluding carboxylic acids is 1. The number of benzene rings is 1. The summed E-state index contributed by atoms with van der Waals surface area (Å²) >= 11 is 0. The van der Waals surface area contributed by atoms with E-state index in [4.69, 9.17) is 9.84 Å². The molecule has 1 saturated carbocycles. The lowest BCUT2D eigenvalue weighted by molar-refractivity contribution is -0.144. The van der Waals surface area contributed by atoms with Crippen LogP contribution in [-0.4, -0.2) is 30.1 Å². The number of aliphatic carboxylic acids is 1. The second-order valence-corrected chi connectivity index (χ2v) is 5.69. The van der Waals surface area contributed by atoms with Gasteiger partial charge < -0.3 is 15.2 Å². The molecule has 5 nitrogen and oxygen atoms in total. The van der Waals surface area contributed by atoms with Gasteiger partial charge in [0, 0.05) is 12.5 Å². The van der Waals surface area contributed by atoms with Gasteiger partial charge in [-0.25, -0.2) is 0 Å². The number of carboxylic acids is 1. The molecule has 0 saturated heterocycles. The van der Waals surface area contributed by atoms with Gasteiger partial charge in [0.2, 0.25) is 5.91 Å². The first-order valence-electron chi connectivity index (χ1n) is 7.85. The Hall–Kier alpha value is -2.04. The Morgan fingerprint density at radius 1 is 1.09 bits per heavy atom. The number of carboxylic acid groups (broad SMARTS) is 1. The number of hydrogen-bond acceptors (Lipinski definition) is 3. The number of rotatable bonds is 7. The fraction of sp³-hybridized carbons (Fsp3) is 0.529. The average molecular weight is 305 g/mol. The molecule has 1 aromatic carbocycles. The van der Waals surface area contributed by atoms with E-state index in [0.717, 1.165) is 12.2 Å². The highest BCUT2D eigenvalue weighted by molar-refractivity contribution is 5.79. The van der Waals surface area contributed by atoms with Gasteiger partial charge in [0.15, 0.2) is 0 Å². The van der Waals surface area contributed by atoms with Crippen molar-refractivity contribution in [2.45, 2.75) is 32.1 Å². The molecule has 5 heteroatoms. The van der Waals surface area contributed by atoms with Gasteiger partial charge in [0.25, 0.3) is 0 Å². The Labute approximate surface area is 130 Å². The van der Waals surface area contributed by atoms with E-state index < -0.39 is 5.97 Å². The first-order chi connectivity index (χ1) is 10.7. The van der Waals surface area contributed by atoms with E-state index in [1.54, 1.807) is 0 Å². The number of para-hydroxylation sites is 1. The molecule has 0 radical (unpaired) electrons. The summed E-state index contributed by atoms with van der Waals surface area (Å²) < 4.78 is 5.56. The Morgan fingerprint density at radius 2 is 1.73 bits per heavy atom. The third-order valence-corrected chi connectivity index (χ3v) is 4.08. The number of hydrogen-bond donors (Lipinski definition) is 2. The van der Waals surface area contributed by atoms with Crippen molar-refractivity contribution in [1.82, 2.24) is 5.32 Å². The van der Waals surface area contributed by atoms with Crippen LogP contribution in [0.15, 0.2) is 30.3 Å². The summed E-state index contributed by atoms with van der Waals surface area (Å²) in [4.78, 5) is 22.9. The van der Waals surface area contributed by atoms with E-state index in [0.29, 0.717) is 38.8 Å². The predicted octanol–water partition coefficient (Wildman–Crippen LogP) is 2.46. The Morgan fingerprint density at radius 3 is 2.36 bits per heavy atom. The maximum atomic E-state index is 12.0. The first-order valence-corrected chi connectivity index (χ1v) is 7.85. The van der Waals surface area contributed by atoms with Crippen LogP contribution in [0.2, 0.25) is 0 Å². The zero-order valence-electron chi connectivity index (χ0n) is 12.7. The SMILES string of the molecule is O=C(O)C1CCC(C(=O)NCCCOc2ccccc2)CC1. The van der Waals surface area contributed by atoms with E-state index in [1.165, 1.54) is 0 Å². The lowest BCUT2D eigenvalue weighted by Gasteiger charge is -2.25. The molecule has 0 bridgehead atoms. The predicted molar refractivity (Wildman–Crippen MR) is 82.6 cm³/mol. The first kappa shape index (κ1) is 16.3. The van der Waals surface area contributed by atoms with Crippen LogP contribution in [0.4, 0.5) is 0 Å². The van der Waals surface area contributed by atoms with Crippen molar-refractivity contribution in [2.24, 2.45) is 11.8 Å². The minimum Gasteiger partial charge on any atom is -0.494 e. The summed E-state index contributed by atoms with van der Waals surface area (Å²) in [5, 5.41) is 11.9. The molecule has 0 unspecified atom stereocenters. The van der Waals surface area contributed by atoms with E-state index in [2.05, 4.69) is 5.32 Å². The monoisotopic (exact) mass is 305 g/mol. The molecular formula is C17H23NO4. The van der Waals surface area contributed by atoms with Crippen LogP contribution in [0.1, 0.15) is 32.1 Å². The second-order valence-electron chi connectivity index (χ2n) is 5.69. The van der Waals surface area contributed by atoms with Crippen molar-refractivity contribution in [3.63, 3.8) is 0 Å². The topological polar surface area (TPSA) is 75.6 Å². The molecule has 1 amide bonds. The zero-order chi connectivity index (χ0) is 15.8. The lowest BCUT2D eigenvalue weighted by Crippen LogP contribution is -2.35. The lowest BCUT2D eigenvalue weighted by atomic mass is 9.81. The average Bonchev–Trinajstić information content (AvgIpc) is 2.55. The van der Waals surface area contributed by atoms with Crippen LogP contribution in [0, 0.1) is 11.8 Å². The quantitative estimate of drug-likeness (QED) is 0.759. The van der Waals surface area contributed by atoms with Gasteiger partial charge in [-0.2, -0.15) is 0 Å². The normalized spacial score (nSPS) is 21.1. The van der Waals surface area contributed by atoms with Gasteiger partial charge in [0.05, 0.1) is 12.5 Å². The van der Waals surface area contributed by atoms with Gasteiger partial charge in [-0.1, -0.05) is 18.2 Å². The molecule has 0 spiro atoms. The molecule has 1 aliphatic carbocycles. The third-order valence-electron chi connectivity index (χ3n) is 4.08. The Bertz CT molecular complexity index is 481. The third kappa shape index (κ3) is 5.06. The molecule has 0 atom stereocenters. The maximum Gasteiger partial charge on any atom is 0.306 e. The molecule has 120 valence electrons. The number of carbonyl (C=O) groups is 2. The van der Waals surface area contributed by atoms with E-state index >= 15 is 0 Å². The summed E-state index contributed by atoms with van der Waals surface area (Å²) in [5.41, 5.74) is 0. The van der Waals surface area contributed by atoms with Crippen LogP contribution in [-0.2, 0) is 9.59 Å². The Kier molecular flexibility index (Phi) is 6.25. The highest BCUT2D eigenvalue weighted by atomic mass is 16.5. The van der Waals surface area contributed by atoms with Gasteiger partial charge in [-0.05, 0) is 44.2 Å². The molecule has 0 heterocycles. The van der Waals surface area contributed by atoms with Crippen molar-refractivity contribution in [1.29, 1.82) is 0 Å². The minimum absolute atomic E-state index is 0.0364. The summed E-state index contributed by atoms with van der Waals surface area (Å²) in [6, 6.07) is 9.58. The summed E-state index contributed by atoms with van der Waals surface area (Å²) in [5.74, 6) is -0.171. The number of amides is 1. The van der Waals surface area contributed by atoms with Crippen molar-refractivity contribution in [3.05, 3.63) is 30.3 Å². The Balaban J connectivity index is 1.57. The van der Waals surface area contributed by atoms with Crippen LogP contribution >= 0.6 is 0 Å². The van der Waals surface area contributed by atoms with Gasteiger partial charge in [-0.15, -0.1) is 0 Å². The van der Waals surface area contributed by atoms with Crippen LogP contribution in [0.5, 0.6) is 5.75 Å². The molecule has 0 aliphatic heterocycles. The molecular weight excluding hydrogens is 282 g/mol. The highest BCUT2D eigenvalue weighted by Crippen LogP contribution is 2.28. The molecule has 2 rings (SSSR count). The van der Waals surface area contributed by atoms with Crippen molar-refractivity contribution in [3.8, 4) is 5.75 Å². The van der Waals surface area contributed by atoms with E-state index in [-0.39, 0.29) is 17.7 Å². The molecule has 1 aliphatic rings. The summed E-state index contributed by atoms with van der Waals surface area (Å²) in [6.45, 7) is 1.15. The second kappa shape index (κ2) is 8.41. The van der Waals surface area contributed by atoms with Crippen molar-refractivity contribution >= 4 is 11.9 Å². The molecule has 2 N–H and O–H groups in total.